The summed E-state index contributed by atoms with van der Waals surface area (Å²) in [6.45, 7) is 11.3. The molecule has 2 nitrogen and oxygen atoms in total. The van der Waals surface area contributed by atoms with Crippen LogP contribution in [0.1, 0.15) is 34.6 Å². The molecule has 1 aliphatic rings. The van der Waals surface area contributed by atoms with Gasteiger partial charge in [0.2, 0.25) is 5.91 Å². The summed E-state index contributed by atoms with van der Waals surface area (Å²) in [6, 6.07) is 0.343. The fourth-order valence-electron chi connectivity index (χ4n) is 2.12. The third-order valence-electron chi connectivity index (χ3n) is 3.81. The van der Waals surface area contributed by atoms with Gasteiger partial charge in [0.05, 0.1) is 5.41 Å². The molecule has 1 aliphatic heterocycles. The molecule has 1 amide bonds. The third-order valence-corrected chi connectivity index (χ3v) is 4.48. The van der Waals surface area contributed by atoms with Gasteiger partial charge in [-0.25, -0.2) is 0 Å². The van der Waals surface area contributed by atoms with Crippen molar-refractivity contribution in [3.63, 3.8) is 0 Å². The van der Waals surface area contributed by atoms with Crippen molar-refractivity contribution in [3.8, 4) is 0 Å². The van der Waals surface area contributed by atoms with Crippen LogP contribution in [0.5, 0.6) is 0 Å². The summed E-state index contributed by atoms with van der Waals surface area (Å²) in [5, 5.41) is 0. The summed E-state index contributed by atoms with van der Waals surface area (Å²) in [5.41, 5.74) is -0.431. The number of carbonyl (C=O) groups is 1. The Morgan fingerprint density at radius 2 is 1.93 bits per heavy atom. The van der Waals surface area contributed by atoms with Crippen molar-refractivity contribution in [2.45, 2.75) is 40.7 Å². The van der Waals surface area contributed by atoms with E-state index in [1.54, 1.807) is 0 Å². The van der Waals surface area contributed by atoms with Crippen molar-refractivity contribution in [1.82, 2.24) is 4.90 Å². The molecule has 0 aromatic carbocycles. The molecule has 15 heavy (non-hydrogen) atoms. The van der Waals surface area contributed by atoms with Gasteiger partial charge in [0.15, 0.2) is 0 Å². The highest BCUT2D eigenvalue weighted by atomic mass is 35.5. The molecule has 3 unspecified atom stereocenters. The lowest BCUT2D eigenvalue weighted by Gasteiger charge is -2.31. The fourth-order valence-corrected chi connectivity index (χ4v) is 2.23. The van der Waals surface area contributed by atoms with Gasteiger partial charge < -0.3 is 4.90 Å². The van der Waals surface area contributed by atoms with Gasteiger partial charge in [0, 0.05) is 18.5 Å². The Hall–Kier alpha value is -0.240. The van der Waals surface area contributed by atoms with E-state index >= 15 is 0 Å². The maximum atomic E-state index is 12.2. The molecule has 0 N–H and O–H groups in total. The Bertz CT molecular complexity index is 252. The molecule has 0 radical (unpaired) electrons. The summed E-state index contributed by atoms with van der Waals surface area (Å²) in [7, 11) is 0. The third kappa shape index (κ3) is 2.30. The lowest BCUT2D eigenvalue weighted by molar-refractivity contribution is -0.140. The number of hydrogen-bond donors (Lipinski definition) is 0. The van der Waals surface area contributed by atoms with Crippen molar-refractivity contribution >= 4 is 17.5 Å². The van der Waals surface area contributed by atoms with E-state index in [1.165, 1.54) is 0 Å². The van der Waals surface area contributed by atoms with Gasteiger partial charge in [-0.15, -0.1) is 11.6 Å². The highest BCUT2D eigenvalue weighted by molar-refractivity contribution is 6.19. The summed E-state index contributed by atoms with van der Waals surface area (Å²) >= 11 is 5.84. The molecule has 1 heterocycles. The molecular formula is C12H22ClNO. The molecule has 0 saturated carbocycles. The van der Waals surface area contributed by atoms with E-state index in [2.05, 4.69) is 20.8 Å². The largest absolute Gasteiger partial charge is 0.339 e. The standard InChI is InChI=1S/C12H22ClNO/c1-8-6-14(10(3)9(8)2)11(15)12(4,5)7-13/h8-10H,6-7H2,1-5H3. The predicted molar refractivity (Wildman–Crippen MR) is 64.0 cm³/mol. The number of hydrogen-bond acceptors (Lipinski definition) is 1. The van der Waals surface area contributed by atoms with Crippen molar-refractivity contribution in [2.24, 2.45) is 17.3 Å². The topological polar surface area (TPSA) is 20.3 Å². The quantitative estimate of drug-likeness (QED) is 0.670. The second-order valence-corrected chi connectivity index (χ2v) is 5.82. The fraction of sp³-hybridized carbons (Fsp3) is 0.917. The Balaban J connectivity index is 2.78. The van der Waals surface area contributed by atoms with Crippen LogP contribution >= 0.6 is 11.6 Å². The maximum Gasteiger partial charge on any atom is 0.229 e. The summed E-state index contributed by atoms with van der Waals surface area (Å²) in [4.78, 5) is 14.2. The van der Waals surface area contributed by atoms with Crippen LogP contribution in [0, 0.1) is 17.3 Å². The van der Waals surface area contributed by atoms with Gasteiger partial charge in [0.1, 0.15) is 0 Å². The number of halogens is 1. The van der Waals surface area contributed by atoms with Gasteiger partial charge in [0.25, 0.3) is 0 Å². The molecule has 1 rings (SSSR count). The normalized spacial score (nSPS) is 32.1. The molecule has 0 aromatic heterocycles. The zero-order valence-electron chi connectivity index (χ0n) is 10.4. The molecule has 1 saturated heterocycles. The smallest absolute Gasteiger partial charge is 0.229 e. The van der Waals surface area contributed by atoms with Crippen molar-refractivity contribution < 1.29 is 4.79 Å². The van der Waals surface area contributed by atoms with Crippen LogP contribution in [0.25, 0.3) is 0 Å². The number of rotatable bonds is 2. The monoisotopic (exact) mass is 231 g/mol. The average Bonchev–Trinajstić information content (AvgIpc) is 2.45. The van der Waals surface area contributed by atoms with Crippen LogP contribution < -0.4 is 0 Å². The minimum atomic E-state index is -0.431. The van der Waals surface area contributed by atoms with E-state index in [1.807, 2.05) is 18.7 Å². The molecule has 1 fully saturated rings. The van der Waals surface area contributed by atoms with E-state index in [0.29, 0.717) is 23.8 Å². The Labute approximate surface area is 98.0 Å². The zero-order valence-corrected chi connectivity index (χ0v) is 11.1. The molecule has 3 heteroatoms. The Kier molecular flexibility index (Phi) is 3.70. The highest BCUT2D eigenvalue weighted by Gasteiger charge is 2.41. The molecule has 0 aliphatic carbocycles. The molecule has 0 spiro atoms. The Morgan fingerprint density at radius 3 is 2.27 bits per heavy atom. The van der Waals surface area contributed by atoms with Gasteiger partial charge in [-0.2, -0.15) is 0 Å². The molecule has 88 valence electrons. The van der Waals surface area contributed by atoms with Crippen LogP contribution in [-0.2, 0) is 4.79 Å². The minimum absolute atomic E-state index is 0.196. The molecule has 3 atom stereocenters. The van der Waals surface area contributed by atoms with Crippen LogP contribution in [0.15, 0.2) is 0 Å². The lowest BCUT2D eigenvalue weighted by Crippen LogP contribution is -2.44. The number of likely N-dealkylation sites (tertiary alicyclic amines) is 1. The molecule has 0 bridgehead atoms. The number of carbonyl (C=O) groups excluding carboxylic acids is 1. The lowest BCUT2D eigenvalue weighted by atomic mass is 9.93. The predicted octanol–water partition coefficient (Wildman–Crippen LogP) is 2.75. The number of nitrogens with zero attached hydrogens (tertiary/aromatic N) is 1. The minimum Gasteiger partial charge on any atom is -0.339 e. The van der Waals surface area contributed by atoms with Crippen LogP contribution in [0.3, 0.4) is 0 Å². The van der Waals surface area contributed by atoms with Gasteiger partial charge in [-0.1, -0.05) is 13.8 Å². The number of amides is 1. The van der Waals surface area contributed by atoms with E-state index in [-0.39, 0.29) is 5.91 Å². The highest BCUT2D eigenvalue weighted by Crippen LogP contribution is 2.33. The van der Waals surface area contributed by atoms with Crippen molar-refractivity contribution in [3.05, 3.63) is 0 Å². The molecular weight excluding hydrogens is 210 g/mol. The average molecular weight is 232 g/mol. The van der Waals surface area contributed by atoms with Crippen LogP contribution in [-0.4, -0.2) is 29.3 Å². The van der Waals surface area contributed by atoms with E-state index < -0.39 is 5.41 Å². The van der Waals surface area contributed by atoms with Crippen LogP contribution in [0.2, 0.25) is 0 Å². The van der Waals surface area contributed by atoms with Crippen molar-refractivity contribution in [1.29, 1.82) is 0 Å². The Morgan fingerprint density at radius 1 is 1.40 bits per heavy atom. The van der Waals surface area contributed by atoms with Gasteiger partial charge >= 0.3 is 0 Å². The first-order valence-electron chi connectivity index (χ1n) is 5.68. The maximum absolute atomic E-state index is 12.2. The second-order valence-electron chi connectivity index (χ2n) is 5.55. The van der Waals surface area contributed by atoms with Gasteiger partial charge in [-0.3, -0.25) is 4.79 Å². The zero-order chi connectivity index (χ0) is 11.8. The molecule has 0 aromatic rings. The van der Waals surface area contributed by atoms with E-state index in [0.717, 1.165) is 6.54 Å². The SMILES string of the molecule is CC1CN(C(=O)C(C)(C)CCl)C(C)C1C. The van der Waals surface area contributed by atoms with E-state index in [4.69, 9.17) is 11.6 Å². The summed E-state index contributed by atoms with van der Waals surface area (Å²) in [6.07, 6.45) is 0. The van der Waals surface area contributed by atoms with E-state index in [9.17, 15) is 4.79 Å². The summed E-state index contributed by atoms with van der Waals surface area (Å²) in [5.74, 6) is 1.76. The number of alkyl halides is 1. The van der Waals surface area contributed by atoms with Crippen molar-refractivity contribution in [2.75, 3.05) is 12.4 Å². The van der Waals surface area contributed by atoms with Gasteiger partial charge in [-0.05, 0) is 32.6 Å². The van der Waals surface area contributed by atoms with Crippen LogP contribution in [0.4, 0.5) is 0 Å². The summed E-state index contributed by atoms with van der Waals surface area (Å²) < 4.78 is 0. The first kappa shape index (κ1) is 12.8. The second kappa shape index (κ2) is 4.32. The first-order valence-corrected chi connectivity index (χ1v) is 6.21. The first-order chi connectivity index (χ1) is 6.81.